The van der Waals surface area contributed by atoms with Crippen LogP contribution in [0.4, 0.5) is 5.82 Å². The molecule has 3 nitrogen and oxygen atoms in total. The number of aliphatic hydroxyl groups excluding tert-OH is 1. The summed E-state index contributed by atoms with van der Waals surface area (Å²) in [6, 6.07) is 2.36. The molecule has 1 heterocycles. The van der Waals surface area contributed by atoms with Crippen LogP contribution in [0.1, 0.15) is 25.8 Å². The molecule has 0 aliphatic rings. The summed E-state index contributed by atoms with van der Waals surface area (Å²) < 4.78 is 1.04. The van der Waals surface area contributed by atoms with Crippen molar-refractivity contribution in [3.8, 4) is 0 Å². The number of aryl methyl sites for hydroxylation is 1. The van der Waals surface area contributed by atoms with Crippen molar-refractivity contribution in [2.45, 2.75) is 33.2 Å². The Morgan fingerprint density at radius 3 is 2.75 bits per heavy atom. The van der Waals surface area contributed by atoms with Crippen LogP contribution in [0.5, 0.6) is 0 Å². The molecule has 0 amide bonds. The van der Waals surface area contributed by atoms with Gasteiger partial charge in [0.15, 0.2) is 0 Å². The molecule has 0 bridgehead atoms. The normalized spacial score (nSPS) is 10.9. The van der Waals surface area contributed by atoms with Gasteiger partial charge in [-0.1, -0.05) is 0 Å². The number of anilines is 1. The van der Waals surface area contributed by atoms with E-state index in [0.717, 1.165) is 23.3 Å². The second-order valence-electron chi connectivity index (χ2n) is 4.13. The molecular formula is C12H19BrN2O. The van der Waals surface area contributed by atoms with E-state index in [0.29, 0.717) is 6.04 Å². The van der Waals surface area contributed by atoms with Gasteiger partial charge < -0.3 is 10.0 Å². The highest BCUT2D eigenvalue weighted by Crippen LogP contribution is 2.28. The van der Waals surface area contributed by atoms with Crippen LogP contribution in [0.2, 0.25) is 0 Å². The summed E-state index contributed by atoms with van der Waals surface area (Å²) in [5.41, 5.74) is 1.18. The highest BCUT2D eigenvalue weighted by molar-refractivity contribution is 9.10. The largest absolute Gasteiger partial charge is 0.396 e. The summed E-state index contributed by atoms with van der Waals surface area (Å²) in [4.78, 5) is 6.61. The SMILES string of the molecule is Cc1ccnc(N(CCCO)C(C)C)c1Br. The van der Waals surface area contributed by atoms with Crippen molar-refractivity contribution in [3.63, 3.8) is 0 Å². The Bertz CT molecular complexity index is 342. The van der Waals surface area contributed by atoms with Crippen molar-refractivity contribution in [3.05, 3.63) is 22.3 Å². The third kappa shape index (κ3) is 3.19. The van der Waals surface area contributed by atoms with E-state index in [9.17, 15) is 0 Å². The number of aliphatic hydroxyl groups is 1. The molecule has 4 heteroatoms. The highest BCUT2D eigenvalue weighted by atomic mass is 79.9. The summed E-state index contributed by atoms with van der Waals surface area (Å²) >= 11 is 3.57. The van der Waals surface area contributed by atoms with Crippen LogP contribution < -0.4 is 4.90 Å². The van der Waals surface area contributed by atoms with Gasteiger partial charge in [0.2, 0.25) is 0 Å². The minimum absolute atomic E-state index is 0.215. The molecule has 0 unspecified atom stereocenters. The molecular weight excluding hydrogens is 268 g/mol. The molecule has 1 aromatic rings. The van der Waals surface area contributed by atoms with Gasteiger partial charge in [-0.05, 0) is 54.8 Å². The summed E-state index contributed by atoms with van der Waals surface area (Å²) in [6.07, 6.45) is 2.59. The summed E-state index contributed by atoms with van der Waals surface area (Å²) in [6.45, 7) is 7.36. The minimum Gasteiger partial charge on any atom is -0.396 e. The van der Waals surface area contributed by atoms with E-state index in [-0.39, 0.29) is 6.61 Å². The first-order valence-electron chi connectivity index (χ1n) is 5.56. The van der Waals surface area contributed by atoms with E-state index in [1.807, 2.05) is 12.3 Å². The minimum atomic E-state index is 0.215. The first-order chi connectivity index (χ1) is 7.57. The standard InChI is InChI=1S/C12H19BrN2O/c1-9(2)15(7-4-8-16)12-11(13)10(3)5-6-14-12/h5-6,9,16H,4,7-8H2,1-3H3. The zero-order valence-corrected chi connectivity index (χ0v) is 11.7. The van der Waals surface area contributed by atoms with Crippen molar-refractivity contribution in [2.24, 2.45) is 0 Å². The van der Waals surface area contributed by atoms with Crippen molar-refractivity contribution in [2.75, 3.05) is 18.1 Å². The van der Waals surface area contributed by atoms with Crippen LogP contribution in [-0.2, 0) is 0 Å². The zero-order chi connectivity index (χ0) is 12.1. The fraction of sp³-hybridized carbons (Fsp3) is 0.583. The lowest BCUT2D eigenvalue weighted by Crippen LogP contribution is -2.33. The maximum atomic E-state index is 8.91. The maximum Gasteiger partial charge on any atom is 0.143 e. The molecule has 0 aliphatic carbocycles. The molecule has 1 N–H and O–H groups in total. The molecule has 0 fully saturated rings. The third-order valence-corrected chi connectivity index (χ3v) is 3.50. The van der Waals surface area contributed by atoms with Gasteiger partial charge in [-0.2, -0.15) is 0 Å². The molecule has 0 saturated heterocycles. The molecule has 0 aliphatic heterocycles. The number of rotatable bonds is 5. The van der Waals surface area contributed by atoms with E-state index >= 15 is 0 Å². The number of halogens is 1. The van der Waals surface area contributed by atoms with Crippen LogP contribution in [0.25, 0.3) is 0 Å². The number of hydrogen-bond acceptors (Lipinski definition) is 3. The van der Waals surface area contributed by atoms with Gasteiger partial charge in [0.25, 0.3) is 0 Å². The van der Waals surface area contributed by atoms with Crippen LogP contribution >= 0.6 is 15.9 Å². The summed E-state index contributed by atoms with van der Waals surface area (Å²) in [5.74, 6) is 0.962. The first-order valence-corrected chi connectivity index (χ1v) is 6.35. The lowest BCUT2D eigenvalue weighted by atomic mass is 10.2. The molecule has 0 spiro atoms. The molecule has 1 rings (SSSR count). The number of hydrogen-bond donors (Lipinski definition) is 1. The van der Waals surface area contributed by atoms with Crippen LogP contribution in [0, 0.1) is 6.92 Å². The molecule has 0 radical (unpaired) electrons. The van der Waals surface area contributed by atoms with Gasteiger partial charge in [0.05, 0.1) is 4.47 Å². The quantitative estimate of drug-likeness (QED) is 0.904. The van der Waals surface area contributed by atoms with Gasteiger partial charge in [0, 0.05) is 25.4 Å². The average Bonchev–Trinajstić information content (AvgIpc) is 2.24. The van der Waals surface area contributed by atoms with E-state index in [1.165, 1.54) is 5.56 Å². The lowest BCUT2D eigenvalue weighted by Gasteiger charge is -2.28. The number of pyridine rings is 1. The highest BCUT2D eigenvalue weighted by Gasteiger charge is 2.15. The monoisotopic (exact) mass is 286 g/mol. The van der Waals surface area contributed by atoms with Crippen molar-refractivity contribution >= 4 is 21.7 Å². The first kappa shape index (κ1) is 13.5. The van der Waals surface area contributed by atoms with Crippen molar-refractivity contribution in [1.29, 1.82) is 0 Å². The van der Waals surface area contributed by atoms with Crippen LogP contribution in [-0.4, -0.2) is 29.3 Å². The Morgan fingerprint density at radius 1 is 1.50 bits per heavy atom. The molecule has 0 atom stereocenters. The van der Waals surface area contributed by atoms with E-state index in [1.54, 1.807) is 0 Å². The molecule has 90 valence electrons. The number of aromatic nitrogens is 1. The average molecular weight is 287 g/mol. The van der Waals surface area contributed by atoms with Gasteiger partial charge in [-0.25, -0.2) is 4.98 Å². The summed E-state index contributed by atoms with van der Waals surface area (Å²) in [5, 5.41) is 8.91. The van der Waals surface area contributed by atoms with Gasteiger partial charge in [-0.3, -0.25) is 0 Å². The van der Waals surface area contributed by atoms with E-state index in [4.69, 9.17) is 5.11 Å². The van der Waals surface area contributed by atoms with Crippen LogP contribution in [0.15, 0.2) is 16.7 Å². The third-order valence-electron chi connectivity index (χ3n) is 2.52. The smallest absolute Gasteiger partial charge is 0.143 e. The van der Waals surface area contributed by atoms with Crippen LogP contribution in [0.3, 0.4) is 0 Å². The van der Waals surface area contributed by atoms with Gasteiger partial charge >= 0.3 is 0 Å². The zero-order valence-electron chi connectivity index (χ0n) is 10.1. The second kappa shape index (κ2) is 6.21. The molecule has 16 heavy (non-hydrogen) atoms. The predicted molar refractivity (Wildman–Crippen MR) is 70.9 cm³/mol. The van der Waals surface area contributed by atoms with Crippen molar-refractivity contribution < 1.29 is 5.11 Å². The van der Waals surface area contributed by atoms with Crippen molar-refractivity contribution in [1.82, 2.24) is 4.98 Å². The van der Waals surface area contributed by atoms with E-state index in [2.05, 4.69) is 46.6 Å². The number of nitrogens with zero attached hydrogens (tertiary/aromatic N) is 2. The Hall–Kier alpha value is -0.610. The molecule has 0 aromatic carbocycles. The molecule has 1 aromatic heterocycles. The Balaban J connectivity index is 2.96. The second-order valence-corrected chi connectivity index (χ2v) is 4.92. The van der Waals surface area contributed by atoms with Gasteiger partial charge in [0.1, 0.15) is 5.82 Å². The Labute approximate surface area is 106 Å². The predicted octanol–water partition coefficient (Wildman–Crippen LogP) is 2.75. The maximum absolute atomic E-state index is 8.91. The topological polar surface area (TPSA) is 36.4 Å². The summed E-state index contributed by atoms with van der Waals surface area (Å²) in [7, 11) is 0. The fourth-order valence-electron chi connectivity index (χ4n) is 1.58. The molecule has 0 saturated carbocycles. The Kier molecular flexibility index (Phi) is 5.22. The lowest BCUT2D eigenvalue weighted by molar-refractivity contribution is 0.288. The van der Waals surface area contributed by atoms with Gasteiger partial charge in [-0.15, -0.1) is 0 Å². The fourth-order valence-corrected chi connectivity index (χ4v) is 2.04. The van der Waals surface area contributed by atoms with E-state index < -0.39 is 0 Å². The Morgan fingerprint density at radius 2 is 2.19 bits per heavy atom.